The minimum absolute atomic E-state index is 0.110. The summed E-state index contributed by atoms with van der Waals surface area (Å²) in [6, 6.07) is 9.03. The summed E-state index contributed by atoms with van der Waals surface area (Å²) in [6.07, 6.45) is 3.88. The molecule has 29 heavy (non-hydrogen) atoms. The Morgan fingerprint density at radius 3 is 2.55 bits per heavy atom. The summed E-state index contributed by atoms with van der Waals surface area (Å²) in [5, 5.41) is 3.16. The van der Waals surface area contributed by atoms with Crippen LogP contribution in [0.1, 0.15) is 17.2 Å². The number of imidazole rings is 1. The molecule has 2 aromatic carbocycles. The van der Waals surface area contributed by atoms with Crippen LogP contribution in [0.25, 0.3) is 11.2 Å². The number of hydrogen-bond acceptors (Lipinski definition) is 6. The van der Waals surface area contributed by atoms with Crippen LogP contribution in [0.2, 0.25) is 0 Å². The highest BCUT2D eigenvalue weighted by molar-refractivity contribution is 7.90. The van der Waals surface area contributed by atoms with Gasteiger partial charge >= 0.3 is 0 Å². The van der Waals surface area contributed by atoms with Crippen LogP contribution in [0.3, 0.4) is 0 Å². The second-order valence-corrected chi connectivity index (χ2v) is 8.43. The molecular weight excluding hydrogens is 400 g/mol. The Hall–Kier alpha value is -3.40. The molecule has 1 unspecified atom stereocenters. The fraction of sp³-hybridized carbons (Fsp3) is 0.105. The van der Waals surface area contributed by atoms with E-state index in [0.29, 0.717) is 28.1 Å². The van der Waals surface area contributed by atoms with Gasteiger partial charge < -0.3 is 10.3 Å². The Morgan fingerprint density at radius 1 is 1.00 bits per heavy atom. The van der Waals surface area contributed by atoms with Gasteiger partial charge in [-0.25, -0.2) is 32.2 Å². The van der Waals surface area contributed by atoms with Gasteiger partial charge in [0, 0.05) is 6.26 Å². The normalized spacial score (nSPS) is 12.8. The number of sulfone groups is 1. The van der Waals surface area contributed by atoms with E-state index in [1.54, 1.807) is 12.1 Å². The largest absolute Gasteiger partial charge is 0.357 e. The van der Waals surface area contributed by atoms with Crippen molar-refractivity contribution in [1.82, 2.24) is 19.9 Å². The quantitative estimate of drug-likeness (QED) is 0.519. The number of benzene rings is 2. The molecule has 0 aliphatic carbocycles. The minimum Gasteiger partial charge on any atom is -0.357 e. The van der Waals surface area contributed by atoms with E-state index in [4.69, 9.17) is 0 Å². The fourth-order valence-corrected chi connectivity index (χ4v) is 3.66. The first-order valence-corrected chi connectivity index (χ1v) is 10.4. The summed E-state index contributed by atoms with van der Waals surface area (Å²) in [5.74, 6) is -1.61. The molecule has 0 aliphatic rings. The Labute approximate surface area is 164 Å². The van der Waals surface area contributed by atoms with Gasteiger partial charge in [-0.05, 0) is 35.4 Å². The highest BCUT2D eigenvalue weighted by Crippen LogP contribution is 2.30. The topological polar surface area (TPSA) is 101 Å². The number of fused-ring (bicyclic) bond motifs is 1. The third kappa shape index (κ3) is 3.79. The zero-order valence-corrected chi connectivity index (χ0v) is 15.9. The lowest BCUT2D eigenvalue weighted by molar-refractivity contribution is 0.506. The summed E-state index contributed by atoms with van der Waals surface area (Å²) in [4.78, 5) is 15.3. The monoisotopic (exact) mass is 415 g/mol. The number of hydrogen-bond donors (Lipinski definition) is 2. The molecule has 0 saturated heterocycles. The maximum Gasteiger partial charge on any atom is 0.182 e. The van der Waals surface area contributed by atoms with Crippen LogP contribution in [-0.4, -0.2) is 34.6 Å². The molecule has 0 radical (unpaired) electrons. The molecule has 0 aliphatic heterocycles. The van der Waals surface area contributed by atoms with Gasteiger partial charge in [0.1, 0.15) is 11.8 Å². The lowest BCUT2D eigenvalue weighted by Gasteiger charge is -2.21. The summed E-state index contributed by atoms with van der Waals surface area (Å²) >= 11 is 0. The van der Waals surface area contributed by atoms with E-state index in [0.717, 1.165) is 18.4 Å². The molecule has 2 aromatic heterocycles. The van der Waals surface area contributed by atoms with E-state index in [1.807, 2.05) is 0 Å². The van der Waals surface area contributed by atoms with E-state index < -0.39 is 27.5 Å². The Balaban J connectivity index is 1.86. The molecule has 0 spiro atoms. The van der Waals surface area contributed by atoms with Gasteiger partial charge in [0.05, 0.1) is 17.3 Å². The van der Waals surface area contributed by atoms with Crippen molar-refractivity contribution in [2.24, 2.45) is 0 Å². The zero-order valence-electron chi connectivity index (χ0n) is 15.1. The van der Waals surface area contributed by atoms with E-state index in [2.05, 4.69) is 25.3 Å². The van der Waals surface area contributed by atoms with Gasteiger partial charge in [0.25, 0.3) is 0 Å². The lowest BCUT2D eigenvalue weighted by Crippen LogP contribution is -2.15. The third-order valence-electron chi connectivity index (χ3n) is 4.40. The van der Waals surface area contributed by atoms with Gasteiger partial charge in [-0.3, -0.25) is 0 Å². The molecule has 4 aromatic rings. The zero-order chi connectivity index (χ0) is 20.6. The van der Waals surface area contributed by atoms with Crippen LogP contribution in [0, 0.1) is 11.6 Å². The van der Waals surface area contributed by atoms with Crippen molar-refractivity contribution in [3.63, 3.8) is 0 Å². The highest BCUT2D eigenvalue weighted by Gasteiger charge is 2.20. The van der Waals surface area contributed by atoms with E-state index in [1.165, 1.54) is 30.9 Å². The average Bonchev–Trinajstić information content (AvgIpc) is 3.17. The standard InChI is InChI=1S/C19H15F2N5O2S/c1-29(27,28)13-4-2-3-11(7-13)16(12-5-6-14(20)15(21)8-12)26-19-17-18(23-9-22-17)24-10-25-19/h2-10,16H,1H3,(H2,22,23,24,25,26). The SMILES string of the molecule is CS(=O)(=O)c1cccc(C(Nc2ncnc3nc[nH]c23)c2ccc(F)c(F)c2)c1. The van der Waals surface area contributed by atoms with Crippen LogP contribution in [0.15, 0.2) is 60.0 Å². The number of aromatic amines is 1. The average molecular weight is 415 g/mol. The number of halogens is 2. The first kappa shape index (κ1) is 18.9. The molecule has 10 heteroatoms. The van der Waals surface area contributed by atoms with Gasteiger partial charge in [0.15, 0.2) is 32.9 Å². The molecule has 0 fully saturated rings. The first-order chi connectivity index (χ1) is 13.8. The molecule has 0 amide bonds. The van der Waals surface area contributed by atoms with Crippen molar-refractivity contribution >= 4 is 26.8 Å². The maximum absolute atomic E-state index is 13.9. The fourth-order valence-electron chi connectivity index (χ4n) is 2.99. The number of aromatic nitrogens is 4. The summed E-state index contributed by atoms with van der Waals surface area (Å²) in [6.45, 7) is 0. The number of nitrogens with one attached hydrogen (secondary N) is 2. The van der Waals surface area contributed by atoms with Crippen molar-refractivity contribution in [1.29, 1.82) is 0 Å². The Morgan fingerprint density at radius 2 is 1.79 bits per heavy atom. The lowest BCUT2D eigenvalue weighted by atomic mass is 9.98. The van der Waals surface area contributed by atoms with Gasteiger partial charge in [-0.1, -0.05) is 18.2 Å². The van der Waals surface area contributed by atoms with E-state index in [-0.39, 0.29) is 4.90 Å². The van der Waals surface area contributed by atoms with Gasteiger partial charge in [-0.2, -0.15) is 0 Å². The number of rotatable bonds is 5. The predicted octanol–water partition coefficient (Wildman–Crippen LogP) is 3.24. The number of H-pyrrole nitrogens is 1. The molecule has 148 valence electrons. The molecule has 2 heterocycles. The molecular formula is C19H15F2N5O2S. The smallest absolute Gasteiger partial charge is 0.182 e. The maximum atomic E-state index is 13.9. The van der Waals surface area contributed by atoms with E-state index >= 15 is 0 Å². The first-order valence-electron chi connectivity index (χ1n) is 8.48. The van der Waals surface area contributed by atoms with Crippen molar-refractivity contribution in [2.45, 2.75) is 10.9 Å². The van der Waals surface area contributed by atoms with Crippen molar-refractivity contribution < 1.29 is 17.2 Å². The summed E-state index contributed by atoms with van der Waals surface area (Å²) in [7, 11) is -3.46. The van der Waals surface area contributed by atoms with Crippen molar-refractivity contribution in [2.75, 3.05) is 11.6 Å². The van der Waals surface area contributed by atoms with Crippen LogP contribution >= 0.6 is 0 Å². The third-order valence-corrected chi connectivity index (χ3v) is 5.51. The molecule has 0 bridgehead atoms. The van der Waals surface area contributed by atoms with Gasteiger partial charge in [-0.15, -0.1) is 0 Å². The summed E-state index contributed by atoms with van der Waals surface area (Å²) < 4.78 is 51.4. The van der Waals surface area contributed by atoms with E-state index in [9.17, 15) is 17.2 Å². The van der Waals surface area contributed by atoms with Gasteiger partial charge in [0.2, 0.25) is 0 Å². The Kier molecular flexibility index (Phi) is 4.71. The highest BCUT2D eigenvalue weighted by atomic mass is 32.2. The van der Waals surface area contributed by atoms with Crippen LogP contribution in [-0.2, 0) is 9.84 Å². The van der Waals surface area contributed by atoms with Crippen molar-refractivity contribution in [3.05, 3.63) is 77.9 Å². The molecule has 4 rings (SSSR count). The molecule has 2 N–H and O–H groups in total. The second kappa shape index (κ2) is 7.21. The number of anilines is 1. The van der Waals surface area contributed by atoms with Crippen LogP contribution in [0.4, 0.5) is 14.6 Å². The minimum atomic E-state index is -3.46. The Bertz CT molecular complexity index is 1310. The summed E-state index contributed by atoms with van der Waals surface area (Å²) in [5.41, 5.74) is 1.88. The van der Waals surface area contributed by atoms with Crippen LogP contribution in [0.5, 0.6) is 0 Å². The molecule has 1 atom stereocenters. The molecule has 7 nitrogen and oxygen atoms in total. The number of nitrogens with zero attached hydrogens (tertiary/aromatic N) is 3. The predicted molar refractivity (Wildman–Crippen MR) is 103 cm³/mol. The second-order valence-electron chi connectivity index (χ2n) is 6.42. The van der Waals surface area contributed by atoms with Crippen molar-refractivity contribution in [3.8, 4) is 0 Å². The molecule has 0 saturated carbocycles. The van der Waals surface area contributed by atoms with Crippen LogP contribution < -0.4 is 5.32 Å².